The van der Waals surface area contributed by atoms with Crippen LogP contribution in [0.5, 0.6) is 0 Å². The van der Waals surface area contributed by atoms with Gasteiger partial charge in [0.2, 0.25) is 0 Å². The van der Waals surface area contributed by atoms with E-state index in [0.717, 1.165) is 19.9 Å². The van der Waals surface area contributed by atoms with E-state index in [1.165, 1.54) is 25.8 Å². The lowest BCUT2D eigenvalue weighted by molar-refractivity contribution is -0.00463. The minimum atomic E-state index is 0.584. The molecule has 1 unspecified atom stereocenters. The highest BCUT2D eigenvalue weighted by atomic mass is 16.5. The molecule has 1 atom stereocenters. The summed E-state index contributed by atoms with van der Waals surface area (Å²) in [5.41, 5.74) is 0. The van der Waals surface area contributed by atoms with Crippen molar-refractivity contribution in [2.45, 2.75) is 52.1 Å². The summed E-state index contributed by atoms with van der Waals surface area (Å²) in [6.45, 7) is 10.4. The fourth-order valence-corrected chi connectivity index (χ4v) is 2.04. The first-order valence-corrected chi connectivity index (χ1v) is 6.29. The van der Waals surface area contributed by atoms with E-state index in [4.69, 9.17) is 4.74 Å². The highest BCUT2D eigenvalue weighted by Crippen LogP contribution is 2.16. The first kappa shape index (κ1) is 12.9. The van der Waals surface area contributed by atoms with Crippen LogP contribution in [0.4, 0.5) is 0 Å². The molecular weight excluding hydrogens is 188 g/mol. The number of rotatable bonds is 6. The molecule has 0 aromatic rings. The minimum Gasteiger partial charge on any atom is -0.366 e. The molecule has 1 saturated heterocycles. The summed E-state index contributed by atoms with van der Waals surface area (Å²) in [4.78, 5) is 2.47. The molecule has 3 heteroatoms. The van der Waals surface area contributed by atoms with Gasteiger partial charge in [0, 0.05) is 31.8 Å². The summed E-state index contributed by atoms with van der Waals surface area (Å²) in [6, 6.07) is 1.26. The molecule has 15 heavy (non-hydrogen) atoms. The molecule has 0 amide bonds. The quantitative estimate of drug-likeness (QED) is 0.730. The van der Waals surface area contributed by atoms with E-state index in [1.54, 1.807) is 0 Å². The maximum Gasteiger partial charge on any atom is 0.0992 e. The maximum atomic E-state index is 5.51. The molecule has 0 radical (unpaired) electrons. The van der Waals surface area contributed by atoms with E-state index in [0.29, 0.717) is 12.1 Å². The van der Waals surface area contributed by atoms with Crippen molar-refractivity contribution in [3.05, 3.63) is 0 Å². The van der Waals surface area contributed by atoms with Gasteiger partial charge in [0.05, 0.1) is 6.73 Å². The van der Waals surface area contributed by atoms with E-state index in [2.05, 4.69) is 31.0 Å². The van der Waals surface area contributed by atoms with Crippen LogP contribution < -0.4 is 5.32 Å². The molecule has 1 rings (SSSR count). The summed E-state index contributed by atoms with van der Waals surface area (Å²) in [5.74, 6) is 0. The average Bonchev–Trinajstić information content (AvgIpc) is 2.24. The largest absolute Gasteiger partial charge is 0.366 e. The van der Waals surface area contributed by atoms with Gasteiger partial charge in [-0.2, -0.15) is 0 Å². The van der Waals surface area contributed by atoms with Gasteiger partial charge < -0.3 is 10.1 Å². The van der Waals surface area contributed by atoms with Crippen molar-refractivity contribution in [1.29, 1.82) is 0 Å². The Bertz CT molecular complexity index is 162. The Labute approximate surface area is 94.2 Å². The van der Waals surface area contributed by atoms with Crippen molar-refractivity contribution in [2.24, 2.45) is 0 Å². The van der Waals surface area contributed by atoms with Crippen LogP contribution in [0.1, 0.15) is 40.0 Å². The topological polar surface area (TPSA) is 24.5 Å². The second kappa shape index (κ2) is 7.20. The summed E-state index contributed by atoms with van der Waals surface area (Å²) in [5, 5.41) is 3.52. The first-order chi connectivity index (χ1) is 7.24. The summed E-state index contributed by atoms with van der Waals surface area (Å²) >= 11 is 0. The molecule has 1 aliphatic heterocycles. The number of nitrogens with zero attached hydrogens (tertiary/aromatic N) is 1. The second-order valence-corrected chi connectivity index (χ2v) is 4.65. The van der Waals surface area contributed by atoms with Crippen molar-refractivity contribution >= 4 is 0 Å². The van der Waals surface area contributed by atoms with E-state index >= 15 is 0 Å². The van der Waals surface area contributed by atoms with Crippen LogP contribution in [0, 0.1) is 0 Å². The fourth-order valence-electron chi connectivity index (χ4n) is 2.04. The third kappa shape index (κ3) is 4.96. The lowest BCUT2D eigenvalue weighted by atomic mass is 10.0. The molecule has 1 heterocycles. The first-order valence-electron chi connectivity index (χ1n) is 6.29. The van der Waals surface area contributed by atoms with Crippen LogP contribution in [0.15, 0.2) is 0 Å². The normalized spacial score (nSPS) is 23.6. The zero-order valence-corrected chi connectivity index (χ0v) is 10.5. The Morgan fingerprint density at radius 3 is 2.87 bits per heavy atom. The van der Waals surface area contributed by atoms with Crippen LogP contribution in [0.25, 0.3) is 0 Å². The molecule has 0 aromatic carbocycles. The summed E-state index contributed by atoms with van der Waals surface area (Å²) < 4.78 is 5.51. The lowest BCUT2D eigenvalue weighted by Gasteiger charge is -2.35. The molecule has 0 aromatic heterocycles. The van der Waals surface area contributed by atoms with Gasteiger partial charge in [-0.15, -0.1) is 0 Å². The third-order valence-electron chi connectivity index (χ3n) is 2.97. The molecule has 0 spiro atoms. The molecule has 3 nitrogen and oxygen atoms in total. The number of likely N-dealkylation sites (tertiary alicyclic amines) is 1. The van der Waals surface area contributed by atoms with Gasteiger partial charge in [0.15, 0.2) is 0 Å². The Hall–Kier alpha value is -0.120. The van der Waals surface area contributed by atoms with Crippen LogP contribution in [-0.4, -0.2) is 43.4 Å². The lowest BCUT2D eigenvalue weighted by Crippen LogP contribution is -2.47. The number of hydrogen-bond acceptors (Lipinski definition) is 3. The van der Waals surface area contributed by atoms with Gasteiger partial charge in [-0.25, -0.2) is 0 Å². The third-order valence-corrected chi connectivity index (χ3v) is 2.97. The van der Waals surface area contributed by atoms with Gasteiger partial charge in [-0.1, -0.05) is 20.3 Å². The smallest absolute Gasteiger partial charge is 0.0992 e. The molecule has 1 aliphatic rings. The number of ether oxygens (including phenoxy) is 1. The van der Waals surface area contributed by atoms with Gasteiger partial charge in [-0.05, 0) is 19.8 Å². The number of hydrogen-bond donors (Lipinski definition) is 1. The average molecular weight is 214 g/mol. The van der Waals surface area contributed by atoms with E-state index in [1.807, 2.05) is 0 Å². The molecular formula is C12H26N2O. The van der Waals surface area contributed by atoms with Crippen molar-refractivity contribution in [3.8, 4) is 0 Å². The standard InChI is InChI=1S/C12H26N2O/c1-4-15-10-14-8-6-5-7-12(14)9-13-11(2)3/h11-13H,4-10H2,1-3H3. The maximum absolute atomic E-state index is 5.51. The molecule has 1 N–H and O–H groups in total. The molecule has 0 aliphatic carbocycles. The van der Waals surface area contributed by atoms with E-state index in [-0.39, 0.29) is 0 Å². The van der Waals surface area contributed by atoms with E-state index in [9.17, 15) is 0 Å². The van der Waals surface area contributed by atoms with Crippen molar-refractivity contribution in [2.75, 3.05) is 26.4 Å². The summed E-state index contributed by atoms with van der Waals surface area (Å²) in [7, 11) is 0. The number of piperidine rings is 1. The van der Waals surface area contributed by atoms with E-state index < -0.39 is 0 Å². The summed E-state index contributed by atoms with van der Waals surface area (Å²) in [6.07, 6.45) is 4.01. The Kier molecular flexibility index (Phi) is 6.22. The second-order valence-electron chi connectivity index (χ2n) is 4.65. The Balaban J connectivity index is 2.29. The molecule has 1 fully saturated rings. The van der Waals surface area contributed by atoms with Crippen LogP contribution in [0.3, 0.4) is 0 Å². The van der Waals surface area contributed by atoms with Crippen molar-refractivity contribution in [1.82, 2.24) is 10.2 Å². The molecule has 0 bridgehead atoms. The predicted molar refractivity (Wildman–Crippen MR) is 64.0 cm³/mol. The zero-order chi connectivity index (χ0) is 11.1. The monoisotopic (exact) mass is 214 g/mol. The fraction of sp³-hybridized carbons (Fsp3) is 1.00. The van der Waals surface area contributed by atoms with Gasteiger partial charge in [-0.3, -0.25) is 4.90 Å². The van der Waals surface area contributed by atoms with Gasteiger partial charge in [0.1, 0.15) is 0 Å². The Morgan fingerprint density at radius 2 is 2.20 bits per heavy atom. The van der Waals surface area contributed by atoms with Crippen molar-refractivity contribution < 1.29 is 4.74 Å². The highest BCUT2D eigenvalue weighted by Gasteiger charge is 2.21. The van der Waals surface area contributed by atoms with Crippen LogP contribution in [0.2, 0.25) is 0 Å². The highest BCUT2D eigenvalue weighted by molar-refractivity contribution is 4.77. The number of nitrogens with one attached hydrogen (secondary N) is 1. The predicted octanol–water partition coefficient (Wildman–Crippen LogP) is 1.83. The van der Waals surface area contributed by atoms with Crippen molar-refractivity contribution in [3.63, 3.8) is 0 Å². The Morgan fingerprint density at radius 1 is 1.40 bits per heavy atom. The van der Waals surface area contributed by atoms with Crippen LogP contribution in [-0.2, 0) is 4.74 Å². The molecule has 90 valence electrons. The van der Waals surface area contributed by atoms with Gasteiger partial charge in [0.25, 0.3) is 0 Å². The van der Waals surface area contributed by atoms with Crippen LogP contribution >= 0.6 is 0 Å². The SMILES string of the molecule is CCOCN1CCCCC1CNC(C)C. The van der Waals surface area contributed by atoms with Gasteiger partial charge >= 0.3 is 0 Å². The zero-order valence-electron chi connectivity index (χ0n) is 10.5. The molecule has 0 saturated carbocycles. The minimum absolute atomic E-state index is 0.584.